The van der Waals surface area contributed by atoms with Crippen LogP contribution in [-0.4, -0.2) is 28.4 Å². The van der Waals surface area contributed by atoms with Gasteiger partial charge in [0.15, 0.2) is 6.61 Å². The molecule has 3 rings (SSSR count). The van der Waals surface area contributed by atoms with Crippen molar-refractivity contribution in [1.29, 1.82) is 0 Å². The van der Waals surface area contributed by atoms with Crippen molar-refractivity contribution in [1.82, 2.24) is 4.98 Å². The average molecular weight is 385 g/mol. The van der Waals surface area contributed by atoms with Crippen molar-refractivity contribution < 1.29 is 19.2 Å². The van der Waals surface area contributed by atoms with E-state index >= 15 is 0 Å². The number of benzene rings is 2. The number of thiazole rings is 1. The Morgan fingerprint density at radius 2 is 1.96 bits per heavy atom. The Bertz CT molecular complexity index is 1060. The minimum atomic E-state index is -0.659. The zero-order chi connectivity index (χ0) is 19.6. The molecule has 1 heterocycles. The van der Waals surface area contributed by atoms with E-state index in [1.807, 2.05) is 0 Å². The molecule has 0 bridgehead atoms. The van der Waals surface area contributed by atoms with Crippen molar-refractivity contribution in [3.05, 3.63) is 62.6 Å². The van der Waals surface area contributed by atoms with Crippen molar-refractivity contribution in [2.24, 2.45) is 0 Å². The fourth-order valence-electron chi connectivity index (χ4n) is 2.43. The zero-order valence-electron chi connectivity index (χ0n) is 14.5. The lowest BCUT2D eigenvalue weighted by Crippen LogP contribution is -2.21. The number of carbonyl (C=O) groups is 2. The molecule has 138 valence electrons. The summed E-state index contributed by atoms with van der Waals surface area (Å²) in [6.45, 7) is 2.98. The molecule has 0 radical (unpaired) electrons. The molecule has 0 aliphatic carbocycles. The van der Waals surface area contributed by atoms with Gasteiger partial charge in [-0.05, 0) is 49.2 Å². The molecule has 1 aromatic heterocycles. The molecule has 0 aliphatic rings. The molecular formula is C18H15N3O5S. The van der Waals surface area contributed by atoms with Crippen LogP contribution >= 0.6 is 11.3 Å². The lowest BCUT2D eigenvalue weighted by Gasteiger charge is -2.09. The number of aryl methyl sites for hydroxylation is 2. The van der Waals surface area contributed by atoms with Crippen molar-refractivity contribution in [2.45, 2.75) is 13.8 Å². The van der Waals surface area contributed by atoms with Gasteiger partial charge in [-0.25, -0.2) is 9.78 Å². The topological polar surface area (TPSA) is 111 Å². The lowest BCUT2D eigenvalue weighted by molar-refractivity contribution is -0.384. The quantitative estimate of drug-likeness (QED) is 0.408. The Balaban J connectivity index is 1.66. The molecule has 0 aliphatic heterocycles. The number of nitrogens with one attached hydrogen (secondary N) is 1. The highest BCUT2D eigenvalue weighted by Gasteiger charge is 2.18. The number of hydrogen-bond donors (Lipinski definition) is 1. The smallest absolute Gasteiger partial charge is 0.338 e. The summed E-state index contributed by atoms with van der Waals surface area (Å²) in [5.74, 6) is -1.32. The molecule has 0 saturated heterocycles. The lowest BCUT2D eigenvalue weighted by atomic mass is 10.1. The molecule has 8 nitrogen and oxygen atoms in total. The van der Waals surface area contributed by atoms with Crippen LogP contribution < -0.4 is 5.32 Å². The normalized spacial score (nSPS) is 10.6. The Hall–Kier alpha value is -3.33. The van der Waals surface area contributed by atoms with E-state index < -0.39 is 23.4 Å². The number of ether oxygens (including phenoxy) is 1. The predicted molar refractivity (Wildman–Crippen MR) is 101 cm³/mol. The summed E-state index contributed by atoms with van der Waals surface area (Å²) in [7, 11) is 0. The number of fused-ring (bicyclic) bond motifs is 1. The number of rotatable bonds is 5. The highest BCUT2D eigenvalue weighted by molar-refractivity contribution is 7.16. The van der Waals surface area contributed by atoms with Crippen LogP contribution in [0.4, 0.5) is 11.4 Å². The molecule has 3 aromatic rings. The summed E-state index contributed by atoms with van der Waals surface area (Å²) in [5.41, 5.74) is 4.14. The van der Waals surface area contributed by atoms with Crippen LogP contribution in [0, 0.1) is 24.0 Å². The number of amides is 1. The molecule has 1 N–H and O–H groups in total. The van der Waals surface area contributed by atoms with Gasteiger partial charge in [-0.15, -0.1) is 11.3 Å². The number of anilines is 1. The van der Waals surface area contributed by atoms with Crippen molar-refractivity contribution in [3.8, 4) is 0 Å². The molecule has 0 spiro atoms. The highest BCUT2D eigenvalue weighted by atomic mass is 32.1. The summed E-state index contributed by atoms with van der Waals surface area (Å²) in [6, 6.07) is 7.81. The molecule has 2 aromatic carbocycles. The van der Waals surface area contributed by atoms with Crippen LogP contribution in [0.5, 0.6) is 0 Å². The minimum Gasteiger partial charge on any atom is -0.452 e. The molecule has 27 heavy (non-hydrogen) atoms. The van der Waals surface area contributed by atoms with Gasteiger partial charge in [-0.3, -0.25) is 14.9 Å². The number of nitro groups is 1. The zero-order valence-corrected chi connectivity index (χ0v) is 15.3. The van der Waals surface area contributed by atoms with Crippen molar-refractivity contribution in [3.63, 3.8) is 0 Å². The Kier molecular flexibility index (Phi) is 5.13. The van der Waals surface area contributed by atoms with E-state index in [0.29, 0.717) is 5.56 Å². The summed E-state index contributed by atoms with van der Waals surface area (Å²) in [5, 5.41) is 13.6. The van der Waals surface area contributed by atoms with Gasteiger partial charge in [0, 0.05) is 6.07 Å². The molecule has 9 heteroatoms. The maximum absolute atomic E-state index is 12.1. The Morgan fingerprint density at radius 1 is 1.22 bits per heavy atom. The summed E-state index contributed by atoms with van der Waals surface area (Å²) >= 11 is 1.39. The maximum atomic E-state index is 12.1. The third-order valence-electron chi connectivity index (χ3n) is 3.98. The number of hydrogen-bond acceptors (Lipinski definition) is 7. The van der Waals surface area contributed by atoms with Crippen molar-refractivity contribution in [2.75, 3.05) is 11.9 Å². The van der Waals surface area contributed by atoms with Crippen LogP contribution in [-0.2, 0) is 9.53 Å². The monoisotopic (exact) mass is 385 g/mol. The van der Waals surface area contributed by atoms with Crippen LogP contribution in [0.15, 0.2) is 35.8 Å². The standard InChI is InChI=1S/C18H15N3O5S/c1-10-5-14(15(21(24)25)6-11(10)2)20-17(22)8-26-18(23)12-3-4-13-16(7-12)27-9-19-13/h3-7,9H,8H2,1-2H3,(H,20,22). The van der Waals surface area contributed by atoms with Gasteiger partial charge < -0.3 is 10.1 Å². The summed E-state index contributed by atoms with van der Waals surface area (Å²) < 4.78 is 5.84. The first-order valence-electron chi connectivity index (χ1n) is 7.91. The summed E-state index contributed by atoms with van der Waals surface area (Å²) in [6.07, 6.45) is 0. The van der Waals surface area contributed by atoms with E-state index in [9.17, 15) is 19.7 Å². The average Bonchev–Trinajstić information content (AvgIpc) is 3.10. The molecule has 0 atom stereocenters. The first kappa shape index (κ1) is 18.5. The number of esters is 1. The van der Waals surface area contributed by atoms with E-state index in [4.69, 9.17) is 4.74 Å². The number of nitro benzene ring substituents is 1. The number of aromatic nitrogens is 1. The largest absolute Gasteiger partial charge is 0.452 e. The van der Waals surface area contributed by atoms with Gasteiger partial charge in [0.05, 0.1) is 26.2 Å². The Morgan fingerprint density at radius 3 is 2.70 bits per heavy atom. The van der Waals surface area contributed by atoms with E-state index in [0.717, 1.165) is 21.3 Å². The third kappa shape index (κ3) is 4.09. The van der Waals surface area contributed by atoms with E-state index in [2.05, 4.69) is 10.3 Å². The fraction of sp³-hybridized carbons (Fsp3) is 0.167. The van der Waals surface area contributed by atoms with Gasteiger partial charge in [-0.1, -0.05) is 0 Å². The summed E-state index contributed by atoms with van der Waals surface area (Å²) in [4.78, 5) is 38.9. The predicted octanol–water partition coefficient (Wildman–Crippen LogP) is 3.62. The number of nitrogens with zero attached hydrogens (tertiary/aromatic N) is 2. The van der Waals surface area contributed by atoms with Gasteiger partial charge >= 0.3 is 5.97 Å². The molecule has 0 saturated carbocycles. The minimum absolute atomic E-state index is 0.0650. The van der Waals surface area contributed by atoms with E-state index in [1.54, 1.807) is 37.6 Å². The van der Waals surface area contributed by atoms with Gasteiger partial charge in [0.25, 0.3) is 11.6 Å². The second-order valence-electron chi connectivity index (χ2n) is 5.87. The molecule has 1 amide bonds. The van der Waals surface area contributed by atoms with Crippen molar-refractivity contribution >= 4 is 44.8 Å². The number of carbonyl (C=O) groups excluding carboxylic acids is 2. The second kappa shape index (κ2) is 7.50. The van der Waals surface area contributed by atoms with Crippen LogP contribution in [0.2, 0.25) is 0 Å². The highest BCUT2D eigenvalue weighted by Crippen LogP contribution is 2.28. The molecule has 0 fully saturated rings. The Labute approximate surface area is 157 Å². The molecular weight excluding hydrogens is 370 g/mol. The third-order valence-corrected chi connectivity index (χ3v) is 4.78. The molecule has 0 unspecified atom stereocenters. The SMILES string of the molecule is Cc1cc(NC(=O)COC(=O)c2ccc3ncsc3c2)c([N+](=O)[O-])cc1C. The first-order valence-corrected chi connectivity index (χ1v) is 8.79. The maximum Gasteiger partial charge on any atom is 0.338 e. The van der Waals surface area contributed by atoms with Gasteiger partial charge in [-0.2, -0.15) is 0 Å². The fourth-order valence-corrected chi connectivity index (χ4v) is 3.15. The van der Waals surface area contributed by atoms with Crippen LogP contribution in [0.3, 0.4) is 0 Å². The van der Waals surface area contributed by atoms with Crippen LogP contribution in [0.1, 0.15) is 21.5 Å². The first-order chi connectivity index (χ1) is 12.8. The van der Waals surface area contributed by atoms with Gasteiger partial charge in [0.2, 0.25) is 0 Å². The second-order valence-corrected chi connectivity index (χ2v) is 6.76. The van der Waals surface area contributed by atoms with E-state index in [-0.39, 0.29) is 11.4 Å². The van der Waals surface area contributed by atoms with Gasteiger partial charge in [0.1, 0.15) is 5.69 Å². The van der Waals surface area contributed by atoms with E-state index in [1.165, 1.54) is 23.5 Å². The van der Waals surface area contributed by atoms with Crippen LogP contribution in [0.25, 0.3) is 10.2 Å².